The van der Waals surface area contributed by atoms with Crippen molar-refractivity contribution in [3.63, 3.8) is 0 Å². The summed E-state index contributed by atoms with van der Waals surface area (Å²) >= 11 is 0. The highest BCUT2D eigenvalue weighted by molar-refractivity contribution is 5.98. The maximum absolute atomic E-state index is 11.4. The van der Waals surface area contributed by atoms with Crippen molar-refractivity contribution in [1.82, 2.24) is 0 Å². The van der Waals surface area contributed by atoms with Crippen LogP contribution in [-0.4, -0.2) is 11.6 Å². The number of carbonyl (C=O) groups excluding carboxylic acids is 2. The normalized spacial score (nSPS) is 10.3. The number of rotatable bonds is 10. The van der Waals surface area contributed by atoms with E-state index in [4.69, 9.17) is 0 Å². The third-order valence-corrected chi connectivity index (χ3v) is 2.51. The Morgan fingerprint density at radius 3 is 1.80 bits per heavy atom. The van der Waals surface area contributed by atoms with Crippen molar-refractivity contribution in [3.8, 4) is 0 Å². The molecule has 2 heteroatoms. The Kier molecular flexibility index (Phi) is 9.44. The number of Topliss-reactive ketones (excluding diaryl/α,β-unsaturated/α-hetero) is 2. The molecule has 0 unspecified atom stereocenters. The number of ketones is 2. The zero-order valence-electron chi connectivity index (χ0n) is 10.2. The Bertz CT molecular complexity index is 185. The van der Waals surface area contributed by atoms with Crippen molar-refractivity contribution in [2.24, 2.45) is 0 Å². The van der Waals surface area contributed by atoms with E-state index in [9.17, 15) is 9.59 Å². The van der Waals surface area contributed by atoms with E-state index in [0.717, 1.165) is 25.7 Å². The van der Waals surface area contributed by atoms with Crippen LogP contribution < -0.4 is 0 Å². The molecule has 0 heterocycles. The number of unbranched alkanes of at least 4 members (excludes halogenated alkanes) is 4. The monoisotopic (exact) mass is 212 g/mol. The second kappa shape index (κ2) is 9.88. The second-order valence-electron chi connectivity index (χ2n) is 4.17. The minimum Gasteiger partial charge on any atom is -0.299 e. The van der Waals surface area contributed by atoms with Crippen LogP contribution in [0.5, 0.6) is 0 Å². The molecule has 0 aromatic carbocycles. The van der Waals surface area contributed by atoms with Gasteiger partial charge in [0.25, 0.3) is 0 Å². The molecule has 2 nitrogen and oxygen atoms in total. The van der Waals surface area contributed by atoms with Gasteiger partial charge >= 0.3 is 0 Å². The Balaban J connectivity index is 3.43. The lowest BCUT2D eigenvalue weighted by Gasteiger charge is -2.00. The van der Waals surface area contributed by atoms with E-state index < -0.39 is 0 Å². The Morgan fingerprint density at radius 2 is 1.27 bits per heavy atom. The summed E-state index contributed by atoms with van der Waals surface area (Å²) in [6, 6.07) is 0. The molecule has 0 rings (SSSR count). The number of carbonyl (C=O) groups is 2. The number of hydrogen-bond donors (Lipinski definition) is 0. The highest BCUT2D eigenvalue weighted by Gasteiger charge is 2.08. The van der Waals surface area contributed by atoms with Crippen LogP contribution in [0.1, 0.15) is 71.6 Å². The minimum atomic E-state index is 0.123. The summed E-state index contributed by atoms with van der Waals surface area (Å²) in [7, 11) is 0. The van der Waals surface area contributed by atoms with Crippen molar-refractivity contribution in [2.45, 2.75) is 71.6 Å². The van der Waals surface area contributed by atoms with Gasteiger partial charge in [-0.1, -0.05) is 39.5 Å². The molecule has 0 radical (unpaired) electrons. The van der Waals surface area contributed by atoms with Crippen LogP contribution in [0.25, 0.3) is 0 Å². The van der Waals surface area contributed by atoms with Crippen molar-refractivity contribution < 1.29 is 9.59 Å². The average molecular weight is 212 g/mol. The van der Waals surface area contributed by atoms with Gasteiger partial charge in [0.1, 0.15) is 11.6 Å². The SMILES string of the molecule is CCCCCCC(=O)CC(=O)CCCC. The van der Waals surface area contributed by atoms with Gasteiger partial charge in [-0.25, -0.2) is 0 Å². The first kappa shape index (κ1) is 14.3. The molecule has 0 aromatic rings. The molecule has 0 saturated carbocycles. The first-order valence-corrected chi connectivity index (χ1v) is 6.24. The molecule has 0 amide bonds. The lowest BCUT2D eigenvalue weighted by atomic mass is 10.0. The highest BCUT2D eigenvalue weighted by atomic mass is 16.1. The predicted octanol–water partition coefficient (Wildman–Crippen LogP) is 3.68. The summed E-state index contributed by atoms with van der Waals surface area (Å²) in [5.41, 5.74) is 0. The van der Waals surface area contributed by atoms with E-state index in [-0.39, 0.29) is 18.0 Å². The van der Waals surface area contributed by atoms with Crippen LogP contribution in [-0.2, 0) is 9.59 Å². The van der Waals surface area contributed by atoms with E-state index in [1.807, 2.05) is 0 Å². The maximum Gasteiger partial charge on any atom is 0.140 e. The fourth-order valence-electron chi connectivity index (χ4n) is 1.52. The standard InChI is InChI=1S/C13H24O2/c1-3-5-7-8-10-13(15)11-12(14)9-6-4-2/h3-11H2,1-2H3. The van der Waals surface area contributed by atoms with Crippen LogP contribution in [0, 0.1) is 0 Å². The van der Waals surface area contributed by atoms with Crippen molar-refractivity contribution in [2.75, 3.05) is 0 Å². The molecule has 88 valence electrons. The molecule has 0 aliphatic carbocycles. The third-order valence-electron chi connectivity index (χ3n) is 2.51. The fourth-order valence-corrected chi connectivity index (χ4v) is 1.52. The minimum absolute atomic E-state index is 0.123. The summed E-state index contributed by atoms with van der Waals surface area (Å²) in [6.07, 6.45) is 7.74. The molecule has 0 spiro atoms. The number of hydrogen-bond acceptors (Lipinski definition) is 2. The van der Waals surface area contributed by atoms with Crippen LogP contribution >= 0.6 is 0 Å². The molecule has 0 aliphatic rings. The predicted molar refractivity (Wildman–Crippen MR) is 62.9 cm³/mol. The van der Waals surface area contributed by atoms with Crippen molar-refractivity contribution >= 4 is 11.6 Å². The quantitative estimate of drug-likeness (QED) is 0.409. The average Bonchev–Trinajstić information content (AvgIpc) is 2.21. The summed E-state index contributed by atoms with van der Waals surface area (Å²) in [5.74, 6) is 0.254. The zero-order chi connectivity index (χ0) is 11.5. The molecular weight excluding hydrogens is 188 g/mol. The van der Waals surface area contributed by atoms with Crippen LogP contribution in [0.3, 0.4) is 0 Å². The van der Waals surface area contributed by atoms with E-state index in [0.29, 0.717) is 12.8 Å². The van der Waals surface area contributed by atoms with Crippen molar-refractivity contribution in [1.29, 1.82) is 0 Å². The lowest BCUT2D eigenvalue weighted by Crippen LogP contribution is -2.07. The highest BCUT2D eigenvalue weighted by Crippen LogP contribution is 2.06. The van der Waals surface area contributed by atoms with Gasteiger partial charge in [-0.15, -0.1) is 0 Å². The lowest BCUT2D eigenvalue weighted by molar-refractivity contribution is -0.127. The first-order chi connectivity index (χ1) is 7.20. The molecule has 0 aliphatic heterocycles. The largest absolute Gasteiger partial charge is 0.299 e. The third kappa shape index (κ3) is 9.64. The van der Waals surface area contributed by atoms with Crippen LogP contribution in [0.4, 0.5) is 0 Å². The molecule has 15 heavy (non-hydrogen) atoms. The van der Waals surface area contributed by atoms with E-state index >= 15 is 0 Å². The van der Waals surface area contributed by atoms with E-state index in [2.05, 4.69) is 13.8 Å². The van der Waals surface area contributed by atoms with Gasteiger partial charge in [0.15, 0.2) is 0 Å². The van der Waals surface area contributed by atoms with Crippen LogP contribution in [0.15, 0.2) is 0 Å². The van der Waals surface area contributed by atoms with Gasteiger partial charge in [-0.05, 0) is 12.8 Å². The van der Waals surface area contributed by atoms with Gasteiger partial charge in [0, 0.05) is 12.8 Å². The van der Waals surface area contributed by atoms with Gasteiger partial charge < -0.3 is 0 Å². The first-order valence-electron chi connectivity index (χ1n) is 6.24. The Hall–Kier alpha value is -0.660. The molecule has 0 fully saturated rings. The van der Waals surface area contributed by atoms with Crippen LogP contribution in [0.2, 0.25) is 0 Å². The summed E-state index contributed by atoms with van der Waals surface area (Å²) < 4.78 is 0. The van der Waals surface area contributed by atoms with Gasteiger partial charge in [-0.3, -0.25) is 9.59 Å². The molecule has 0 N–H and O–H groups in total. The second-order valence-corrected chi connectivity index (χ2v) is 4.17. The smallest absolute Gasteiger partial charge is 0.140 e. The maximum atomic E-state index is 11.4. The Labute approximate surface area is 93.4 Å². The van der Waals surface area contributed by atoms with Crippen molar-refractivity contribution in [3.05, 3.63) is 0 Å². The molecule has 0 bridgehead atoms. The molecule has 0 atom stereocenters. The fraction of sp³-hybridized carbons (Fsp3) is 0.846. The molecule has 0 aromatic heterocycles. The summed E-state index contributed by atoms with van der Waals surface area (Å²) in [6.45, 7) is 4.20. The molecular formula is C13H24O2. The molecule has 0 saturated heterocycles. The van der Waals surface area contributed by atoms with E-state index in [1.165, 1.54) is 12.8 Å². The summed E-state index contributed by atoms with van der Waals surface area (Å²) in [4.78, 5) is 22.6. The van der Waals surface area contributed by atoms with Gasteiger partial charge in [0.05, 0.1) is 6.42 Å². The zero-order valence-corrected chi connectivity index (χ0v) is 10.2. The topological polar surface area (TPSA) is 34.1 Å². The van der Waals surface area contributed by atoms with Gasteiger partial charge in [-0.2, -0.15) is 0 Å². The van der Waals surface area contributed by atoms with E-state index in [1.54, 1.807) is 0 Å². The van der Waals surface area contributed by atoms with Gasteiger partial charge in [0.2, 0.25) is 0 Å². The Morgan fingerprint density at radius 1 is 0.733 bits per heavy atom. The summed E-state index contributed by atoms with van der Waals surface area (Å²) in [5, 5.41) is 0.